The molecule has 7 nitrogen and oxygen atoms in total. The summed E-state index contributed by atoms with van der Waals surface area (Å²) in [5.74, 6) is -0.271. The largest absolute Gasteiger partial charge is 0.457 e. The molecule has 2 heterocycles. The van der Waals surface area contributed by atoms with E-state index in [2.05, 4.69) is 10.2 Å². The topological polar surface area (TPSA) is 71.1 Å². The molecule has 1 aromatic carbocycles. The molecule has 1 fully saturated rings. The van der Waals surface area contributed by atoms with Gasteiger partial charge in [-0.2, -0.15) is 0 Å². The molecule has 0 aromatic heterocycles. The van der Waals surface area contributed by atoms with Gasteiger partial charge in [-0.25, -0.2) is 9.59 Å². The third-order valence-corrected chi connectivity index (χ3v) is 4.38. The zero-order chi connectivity index (χ0) is 18.2. The first kappa shape index (κ1) is 17.4. The summed E-state index contributed by atoms with van der Waals surface area (Å²) in [5, 5.41) is 3.20. The van der Waals surface area contributed by atoms with Crippen molar-refractivity contribution in [3.8, 4) is 0 Å². The molecule has 1 saturated heterocycles. The Hall–Kier alpha value is -2.44. The van der Waals surface area contributed by atoms with Gasteiger partial charge in [0, 0.05) is 38.8 Å². The molecule has 0 bridgehead atoms. The normalized spacial score (nSPS) is 17.2. The van der Waals surface area contributed by atoms with Gasteiger partial charge < -0.3 is 24.6 Å². The number of amides is 1. The lowest BCUT2D eigenvalue weighted by Gasteiger charge is -2.37. The van der Waals surface area contributed by atoms with Crippen LogP contribution in [0.2, 0.25) is 0 Å². The highest BCUT2D eigenvalue weighted by molar-refractivity contribution is 5.97. The molecule has 0 radical (unpaired) electrons. The van der Waals surface area contributed by atoms with Crippen LogP contribution in [0.4, 0.5) is 16.2 Å². The number of carbonyl (C=O) groups excluding carboxylic acids is 2. The number of hydrogen-bond acceptors (Lipinski definition) is 6. The number of fused-ring (bicyclic) bond motifs is 1. The smallest absolute Gasteiger partial charge is 0.410 e. The van der Waals surface area contributed by atoms with Crippen LogP contribution in [0.5, 0.6) is 0 Å². The summed E-state index contributed by atoms with van der Waals surface area (Å²) in [6.45, 7) is 8.53. The van der Waals surface area contributed by atoms with Gasteiger partial charge in [-0.3, -0.25) is 0 Å². The van der Waals surface area contributed by atoms with E-state index < -0.39 is 5.60 Å². The fourth-order valence-electron chi connectivity index (χ4n) is 3.19. The Bertz CT molecular complexity index is 688. The number of nitrogens with one attached hydrogen (secondary N) is 1. The first-order valence-corrected chi connectivity index (χ1v) is 8.54. The molecule has 0 saturated carbocycles. The standard InChI is InChI=1S/C18H25N3O4/c1-18(2,3)25-17(23)21-9-7-20(8-10-21)14-6-5-12-13(15(14)19-4)11-24-16(12)22/h5-6,19H,7-11H2,1-4H3. The number of rotatable bonds is 2. The van der Waals surface area contributed by atoms with Crippen molar-refractivity contribution in [3.05, 3.63) is 23.3 Å². The molecule has 0 atom stereocenters. The van der Waals surface area contributed by atoms with E-state index >= 15 is 0 Å². The van der Waals surface area contributed by atoms with E-state index in [0.717, 1.165) is 16.9 Å². The van der Waals surface area contributed by atoms with Gasteiger partial charge in [0.15, 0.2) is 0 Å². The zero-order valence-corrected chi connectivity index (χ0v) is 15.2. The lowest BCUT2D eigenvalue weighted by Crippen LogP contribution is -2.50. The molecule has 25 heavy (non-hydrogen) atoms. The predicted octanol–water partition coefficient (Wildman–Crippen LogP) is 2.46. The summed E-state index contributed by atoms with van der Waals surface area (Å²) in [5.41, 5.74) is 3.00. The Morgan fingerprint density at radius 3 is 2.48 bits per heavy atom. The van der Waals surface area contributed by atoms with Gasteiger partial charge in [0.2, 0.25) is 0 Å². The van der Waals surface area contributed by atoms with Crippen molar-refractivity contribution < 1.29 is 19.1 Å². The van der Waals surface area contributed by atoms with E-state index in [4.69, 9.17) is 9.47 Å². The van der Waals surface area contributed by atoms with Crippen molar-refractivity contribution >= 4 is 23.4 Å². The van der Waals surface area contributed by atoms with Crippen molar-refractivity contribution in [2.24, 2.45) is 0 Å². The minimum atomic E-state index is -0.486. The van der Waals surface area contributed by atoms with E-state index in [1.807, 2.05) is 40.0 Å². The molecular weight excluding hydrogens is 322 g/mol. The van der Waals surface area contributed by atoms with Gasteiger partial charge >= 0.3 is 12.1 Å². The van der Waals surface area contributed by atoms with Crippen molar-refractivity contribution in [2.45, 2.75) is 33.0 Å². The summed E-state index contributed by atoms with van der Waals surface area (Å²) >= 11 is 0. The molecule has 0 unspecified atom stereocenters. The molecule has 7 heteroatoms. The average molecular weight is 347 g/mol. The van der Waals surface area contributed by atoms with Crippen LogP contribution in [0.25, 0.3) is 0 Å². The second-order valence-electron chi connectivity index (χ2n) is 7.27. The number of cyclic esters (lactones) is 1. The number of piperazine rings is 1. The van der Waals surface area contributed by atoms with Gasteiger partial charge in [-0.1, -0.05) is 0 Å². The van der Waals surface area contributed by atoms with Gasteiger partial charge in [0.25, 0.3) is 0 Å². The molecule has 1 amide bonds. The van der Waals surface area contributed by atoms with E-state index in [0.29, 0.717) is 38.3 Å². The number of esters is 1. The first-order chi connectivity index (χ1) is 11.8. The minimum Gasteiger partial charge on any atom is -0.457 e. The first-order valence-electron chi connectivity index (χ1n) is 8.54. The fraction of sp³-hybridized carbons (Fsp3) is 0.556. The van der Waals surface area contributed by atoms with Crippen molar-refractivity contribution in [1.82, 2.24) is 4.90 Å². The third kappa shape index (κ3) is 3.50. The number of anilines is 2. The molecular formula is C18H25N3O4. The third-order valence-electron chi connectivity index (χ3n) is 4.38. The summed E-state index contributed by atoms with van der Waals surface area (Å²) in [6, 6.07) is 3.77. The SMILES string of the molecule is CNc1c(N2CCN(C(=O)OC(C)(C)C)CC2)ccc2c1COC2=O. The van der Waals surface area contributed by atoms with E-state index in [1.54, 1.807) is 4.90 Å². The summed E-state index contributed by atoms with van der Waals surface area (Å²) in [7, 11) is 1.85. The maximum atomic E-state index is 12.2. The van der Waals surface area contributed by atoms with Gasteiger partial charge in [-0.05, 0) is 32.9 Å². The Morgan fingerprint density at radius 1 is 1.20 bits per heavy atom. The van der Waals surface area contributed by atoms with Crippen LogP contribution in [0.3, 0.4) is 0 Å². The molecule has 3 rings (SSSR count). The Kier molecular flexibility index (Phi) is 4.49. The highest BCUT2D eigenvalue weighted by Gasteiger charge is 2.30. The maximum Gasteiger partial charge on any atom is 0.410 e. The lowest BCUT2D eigenvalue weighted by molar-refractivity contribution is 0.0240. The van der Waals surface area contributed by atoms with Crippen LogP contribution in [0.15, 0.2) is 12.1 Å². The van der Waals surface area contributed by atoms with Crippen LogP contribution in [-0.2, 0) is 16.1 Å². The molecule has 136 valence electrons. The van der Waals surface area contributed by atoms with Crippen LogP contribution in [0.1, 0.15) is 36.7 Å². The summed E-state index contributed by atoms with van der Waals surface area (Å²) in [6.07, 6.45) is -0.269. The van der Waals surface area contributed by atoms with Crippen molar-refractivity contribution in [1.29, 1.82) is 0 Å². The van der Waals surface area contributed by atoms with Gasteiger partial charge in [-0.15, -0.1) is 0 Å². The van der Waals surface area contributed by atoms with E-state index in [-0.39, 0.29) is 12.1 Å². The number of nitrogens with zero attached hydrogens (tertiary/aromatic N) is 2. The lowest BCUT2D eigenvalue weighted by atomic mass is 10.0. The highest BCUT2D eigenvalue weighted by Crippen LogP contribution is 2.36. The second kappa shape index (κ2) is 6.46. The van der Waals surface area contributed by atoms with E-state index in [1.165, 1.54) is 0 Å². The van der Waals surface area contributed by atoms with E-state index in [9.17, 15) is 9.59 Å². The highest BCUT2D eigenvalue weighted by atomic mass is 16.6. The quantitative estimate of drug-likeness (QED) is 0.829. The molecule has 1 aromatic rings. The summed E-state index contributed by atoms with van der Waals surface area (Å²) < 4.78 is 10.6. The molecule has 2 aliphatic rings. The summed E-state index contributed by atoms with van der Waals surface area (Å²) in [4.78, 5) is 27.9. The van der Waals surface area contributed by atoms with Crippen LogP contribution >= 0.6 is 0 Å². The number of benzene rings is 1. The Morgan fingerprint density at radius 2 is 1.88 bits per heavy atom. The number of carbonyl (C=O) groups is 2. The van der Waals surface area contributed by atoms with Crippen LogP contribution < -0.4 is 10.2 Å². The Labute approximate surface area is 147 Å². The number of hydrogen-bond donors (Lipinski definition) is 1. The van der Waals surface area contributed by atoms with Gasteiger partial charge in [0.05, 0.1) is 16.9 Å². The Balaban J connectivity index is 1.72. The predicted molar refractivity (Wildman–Crippen MR) is 95.1 cm³/mol. The van der Waals surface area contributed by atoms with Crippen LogP contribution in [0, 0.1) is 0 Å². The van der Waals surface area contributed by atoms with Gasteiger partial charge in [0.1, 0.15) is 12.2 Å². The van der Waals surface area contributed by atoms with Crippen molar-refractivity contribution in [3.63, 3.8) is 0 Å². The number of ether oxygens (including phenoxy) is 2. The molecule has 0 aliphatic carbocycles. The minimum absolute atomic E-state index is 0.269. The van der Waals surface area contributed by atoms with Crippen LogP contribution in [-0.4, -0.2) is 55.8 Å². The molecule has 2 aliphatic heterocycles. The molecule has 0 spiro atoms. The fourth-order valence-corrected chi connectivity index (χ4v) is 3.19. The second-order valence-corrected chi connectivity index (χ2v) is 7.27. The zero-order valence-electron chi connectivity index (χ0n) is 15.2. The molecule has 1 N–H and O–H groups in total. The average Bonchev–Trinajstić information content (AvgIpc) is 2.94. The maximum absolute atomic E-state index is 12.2. The van der Waals surface area contributed by atoms with Crippen molar-refractivity contribution in [2.75, 3.05) is 43.4 Å². The monoisotopic (exact) mass is 347 g/mol.